The van der Waals surface area contributed by atoms with Gasteiger partial charge in [0, 0.05) is 18.5 Å². The highest BCUT2D eigenvalue weighted by atomic mass is 16.3. The smallest absolute Gasteiger partial charge is 0.207 e. The summed E-state index contributed by atoms with van der Waals surface area (Å²) in [5, 5.41) is 31.2. The van der Waals surface area contributed by atoms with E-state index >= 15 is 0 Å². The zero-order chi connectivity index (χ0) is 19.5. The molecule has 3 aromatic rings. The maximum absolute atomic E-state index is 9.98. The van der Waals surface area contributed by atoms with Gasteiger partial charge < -0.3 is 10.0 Å². The van der Waals surface area contributed by atoms with Crippen LogP contribution in [0.15, 0.2) is 0 Å². The summed E-state index contributed by atoms with van der Waals surface area (Å²) in [7, 11) is 0. The Labute approximate surface area is 161 Å². The van der Waals surface area contributed by atoms with Crippen LogP contribution < -0.4 is 4.90 Å². The van der Waals surface area contributed by atoms with E-state index in [2.05, 4.69) is 56.4 Å². The second-order valence-electron chi connectivity index (χ2n) is 8.68. The van der Waals surface area contributed by atoms with Crippen molar-refractivity contribution in [3.63, 3.8) is 0 Å². The molecular weight excluding hydrogens is 360 g/mol. The van der Waals surface area contributed by atoms with E-state index in [0.29, 0.717) is 36.1 Å². The number of aliphatic hydroxyl groups is 1. The Morgan fingerprint density at radius 3 is 2.61 bits per heavy atom. The largest absolute Gasteiger partial charge is 0.391 e. The van der Waals surface area contributed by atoms with Gasteiger partial charge >= 0.3 is 0 Å². The second-order valence-corrected chi connectivity index (χ2v) is 8.68. The Bertz CT molecular complexity index is 1010. The van der Waals surface area contributed by atoms with Crippen LogP contribution in [0.4, 0.5) is 5.82 Å². The van der Waals surface area contributed by atoms with E-state index in [0.717, 1.165) is 37.4 Å². The number of hydrogen-bond donors (Lipinski definition) is 1. The summed E-state index contributed by atoms with van der Waals surface area (Å²) in [6.45, 7) is 7.89. The first-order chi connectivity index (χ1) is 13.4. The SMILES string of the molecule is CC(C)(C)c1nc(N2CC[C@H](O)C2)c2nn(Cc3nnnn3C3CC3)nc2n1. The van der Waals surface area contributed by atoms with E-state index in [1.165, 1.54) is 0 Å². The van der Waals surface area contributed by atoms with Crippen molar-refractivity contribution in [3.8, 4) is 0 Å². The van der Waals surface area contributed by atoms with Gasteiger partial charge in [0.2, 0.25) is 5.65 Å². The second kappa shape index (κ2) is 6.16. The Morgan fingerprint density at radius 2 is 1.93 bits per heavy atom. The Kier molecular flexibility index (Phi) is 3.83. The molecule has 0 aromatic carbocycles. The first kappa shape index (κ1) is 17.4. The zero-order valence-electron chi connectivity index (χ0n) is 16.3. The average molecular weight is 384 g/mol. The highest BCUT2D eigenvalue weighted by Gasteiger charge is 2.30. The predicted octanol–water partition coefficient (Wildman–Crippen LogP) is 0.459. The molecule has 0 bridgehead atoms. The molecule has 0 unspecified atom stereocenters. The lowest BCUT2D eigenvalue weighted by Gasteiger charge is -2.21. The normalized spacial score (nSPS) is 20.4. The maximum atomic E-state index is 9.98. The minimum atomic E-state index is -0.346. The summed E-state index contributed by atoms with van der Waals surface area (Å²) in [6.07, 6.45) is 2.59. The molecule has 0 amide bonds. The molecule has 1 atom stereocenters. The highest BCUT2D eigenvalue weighted by Crippen LogP contribution is 2.34. The summed E-state index contributed by atoms with van der Waals surface area (Å²) in [5.41, 5.74) is 0.982. The van der Waals surface area contributed by atoms with Crippen molar-refractivity contribution in [3.05, 3.63) is 11.6 Å². The van der Waals surface area contributed by atoms with Gasteiger partial charge in [-0.25, -0.2) is 14.6 Å². The third kappa shape index (κ3) is 3.09. The van der Waals surface area contributed by atoms with Gasteiger partial charge in [0.05, 0.1) is 12.1 Å². The predicted molar refractivity (Wildman–Crippen MR) is 99.8 cm³/mol. The van der Waals surface area contributed by atoms with E-state index in [4.69, 9.17) is 4.98 Å². The van der Waals surface area contributed by atoms with Gasteiger partial charge in [-0.15, -0.1) is 15.3 Å². The summed E-state index contributed by atoms with van der Waals surface area (Å²) < 4.78 is 1.86. The molecule has 3 aromatic heterocycles. The fourth-order valence-electron chi connectivity index (χ4n) is 3.44. The lowest BCUT2D eigenvalue weighted by atomic mass is 9.96. The molecule has 0 spiro atoms. The van der Waals surface area contributed by atoms with Gasteiger partial charge in [0.1, 0.15) is 12.4 Å². The van der Waals surface area contributed by atoms with Gasteiger partial charge in [-0.05, 0) is 29.7 Å². The molecule has 5 rings (SSSR count). The third-order valence-electron chi connectivity index (χ3n) is 5.14. The van der Waals surface area contributed by atoms with Crippen LogP contribution in [0, 0.1) is 0 Å². The number of rotatable bonds is 4. The topological polar surface area (TPSA) is 124 Å². The van der Waals surface area contributed by atoms with Gasteiger partial charge in [0.15, 0.2) is 17.2 Å². The summed E-state index contributed by atoms with van der Waals surface area (Å²) in [6, 6.07) is 0.393. The Balaban J connectivity index is 1.56. The minimum Gasteiger partial charge on any atom is -0.391 e. The van der Waals surface area contributed by atoms with Gasteiger partial charge in [-0.2, -0.15) is 4.80 Å². The van der Waals surface area contributed by atoms with Crippen LogP contribution in [-0.4, -0.2) is 69.5 Å². The Hall–Kier alpha value is -2.69. The van der Waals surface area contributed by atoms with Crippen LogP contribution in [0.2, 0.25) is 0 Å². The van der Waals surface area contributed by atoms with Crippen molar-refractivity contribution in [1.29, 1.82) is 0 Å². The number of anilines is 1. The molecule has 0 radical (unpaired) electrons. The van der Waals surface area contributed by atoms with Crippen molar-refractivity contribution in [2.24, 2.45) is 0 Å². The van der Waals surface area contributed by atoms with E-state index in [9.17, 15) is 5.11 Å². The summed E-state index contributed by atoms with van der Waals surface area (Å²) >= 11 is 0. The zero-order valence-corrected chi connectivity index (χ0v) is 16.3. The van der Waals surface area contributed by atoms with Crippen LogP contribution in [0.25, 0.3) is 11.2 Å². The van der Waals surface area contributed by atoms with E-state index in [1.807, 2.05) is 4.68 Å². The highest BCUT2D eigenvalue weighted by molar-refractivity contribution is 5.82. The van der Waals surface area contributed by atoms with Crippen molar-refractivity contribution in [1.82, 2.24) is 45.2 Å². The number of fused-ring (bicyclic) bond motifs is 1. The molecule has 2 fully saturated rings. The van der Waals surface area contributed by atoms with Crippen molar-refractivity contribution < 1.29 is 5.11 Å². The fraction of sp³-hybridized carbons (Fsp3) is 0.706. The molecule has 11 heteroatoms. The molecule has 1 aliphatic heterocycles. The maximum Gasteiger partial charge on any atom is 0.207 e. The van der Waals surface area contributed by atoms with Crippen molar-refractivity contribution in [2.45, 2.75) is 64.1 Å². The van der Waals surface area contributed by atoms with E-state index in [-0.39, 0.29) is 11.5 Å². The lowest BCUT2D eigenvalue weighted by molar-refractivity contribution is 0.198. The van der Waals surface area contributed by atoms with Crippen LogP contribution in [0.3, 0.4) is 0 Å². The van der Waals surface area contributed by atoms with Crippen LogP contribution in [0.5, 0.6) is 0 Å². The molecule has 1 saturated carbocycles. The van der Waals surface area contributed by atoms with Gasteiger partial charge in [-0.1, -0.05) is 20.8 Å². The minimum absolute atomic E-state index is 0.221. The molecule has 1 N–H and O–H groups in total. The number of hydrogen-bond acceptors (Lipinski definition) is 9. The molecule has 1 saturated heterocycles. The average Bonchev–Trinajstić information content (AvgIpc) is 3.02. The van der Waals surface area contributed by atoms with Crippen molar-refractivity contribution >= 4 is 17.0 Å². The molecule has 11 nitrogen and oxygen atoms in total. The van der Waals surface area contributed by atoms with E-state index in [1.54, 1.807) is 4.80 Å². The first-order valence-corrected chi connectivity index (χ1v) is 9.71. The lowest BCUT2D eigenvalue weighted by Crippen LogP contribution is -2.25. The molecule has 148 valence electrons. The molecule has 1 aliphatic carbocycles. The van der Waals surface area contributed by atoms with Gasteiger partial charge in [0.25, 0.3) is 0 Å². The quantitative estimate of drug-likeness (QED) is 0.683. The summed E-state index contributed by atoms with van der Waals surface area (Å²) in [4.78, 5) is 13.1. The molecule has 4 heterocycles. The van der Waals surface area contributed by atoms with Crippen LogP contribution in [0.1, 0.15) is 57.7 Å². The van der Waals surface area contributed by atoms with Crippen LogP contribution in [-0.2, 0) is 12.0 Å². The number of nitrogens with zero attached hydrogens (tertiary/aromatic N) is 10. The number of tetrazole rings is 1. The van der Waals surface area contributed by atoms with E-state index < -0.39 is 0 Å². The molecule has 2 aliphatic rings. The number of aliphatic hydroxyl groups excluding tert-OH is 1. The number of aromatic nitrogens is 9. The van der Waals surface area contributed by atoms with Crippen molar-refractivity contribution in [2.75, 3.05) is 18.0 Å². The standard InChI is InChI=1S/C17H24N10O/c1-17(2,3)16-18-14-13(15(19-16)25-7-6-11(28)8-25)21-26(22-14)9-12-20-23-24-27(12)10-4-5-10/h10-11,28H,4-9H2,1-3H3/t11-/m0/s1. The third-order valence-corrected chi connectivity index (χ3v) is 5.14. The number of β-amino-alcohol motifs (C(OH)–C–C–N with tert-alkyl or cyclic N) is 1. The van der Waals surface area contributed by atoms with Gasteiger partial charge in [-0.3, -0.25) is 0 Å². The molecular formula is C17H24N10O. The Morgan fingerprint density at radius 1 is 1.11 bits per heavy atom. The summed E-state index contributed by atoms with van der Waals surface area (Å²) in [5.74, 6) is 2.19. The monoisotopic (exact) mass is 384 g/mol. The first-order valence-electron chi connectivity index (χ1n) is 9.71. The molecule has 28 heavy (non-hydrogen) atoms. The fourth-order valence-corrected chi connectivity index (χ4v) is 3.44. The van der Waals surface area contributed by atoms with Crippen LogP contribution >= 0.6 is 0 Å².